The summed E-state index contributed by atoms with van der Waals surface area (Å²) in [5, 5.41) is 0. The van der Waals surface area contributed by atoms with E-state index in [9.17, 15) is 0 Å². The van der Waals surface area contributed by atoms with Crippen molar-refractivity contribution in [2.45, 2.75) is 97.7 Å². The van der Waals surface area contributed by atoms with Crippen molar-refractivity contribution in [3.05, 3.63) is 12.2 Å². The lowest BCUT2D eigenvalue weighted by Gasteiger charge is -2.22. The fourth-order valence-corrected chi connectivity index (χ4v) is 2.74. The zero-order valence-electron chi connectivity index (χ0n) is 15.1. The average molecular weight is 327 g/mol. The van der Waals surface area contributed by atoms with E-state index in [0.717, 1.165) is 19.3 Å². The standard InChI is InChI=1S/C17H34N2O2Si/c1-6-9-11-13-16(4)20-18-22-19-21-17(5,14-8-3)15-12-10-7-2/h8,14,16H,6-7,9-13,15H2,1-5H3. The van der Waals surface area contributed by atoms with Gasteiger partial charge in [0.25, 0.3) is 0 Å². The molecular weight excluding hydrogens is 292 g/mol. The molecule has 0 radical (unpaired) electrons. The van der Waals surface area contributed by atoms with Gasteiger partial charge in [-0.2, -0.15) is 0 Å². The number of hydrogen-bond donors (Lipinski definition) is 0. The fraction of sp³-hybridized carbons (Fsp3) is 0.882. The van der Waals surface area contributed by atoms with Gasteiger partial charge in [-0.05, 0) is 52.5 Å². The third-order valence-electron chi connectivity index (χ3n) is 3.58. The molecule has 0 rings (SSSR count). The normalized spacial score (nSPS) is 15.0. The lowest BCUT2D eigenvalue weighted by molar-refractivity contribution is 0.00282. The number of allylic oxidation sites excluding steroid dienone is 1. The first kappa shape index (κ1) is 21.2. The summed E-state index contributed by atoms with van der Waals surface area (Å²) in [5.41, 5.74) is -0.320. The summed E-state index contributed by atoms with van der Waals surface area (Å²) in [7, 11) is -0.0146. The van der Waals surface area contributed by atoms with Crippen molar-refractivity contribution in [2.75, 3.05) is 0 Å². The molecule has 4 nitrogen and oxygen atoms in total. The molecule has 0 aromatic heterocycles. The number of unbranched alkanes of at least 4 members (excludes halogenated alkanes) is 4. The lowest BCUT2D eigenvalue weighted by atomic mass is 9.98. The monoisotopic (exact) mass is 326 g/mol. The predicted molar refractivity (Wildman–Crippen MR) is 93.7 cm³/mol. The average Bonchev–Trinajstić information content (AvgIpc) is 2.48. The van der Waals surface area contributed by atoms with E-state index in [1.807, 2.05) is 13.0 Å². The van der Waals surface area contributed by atoms with Crippen LogP contribution in [0.1, 0.15) is 86.0 Å². The maximum Gasteiger partial charge on any atom is 0.321 e. The Labute approximate surface area is 138 Å². The molecule has 5 heteroatoms. The first-order chi connectivity index (χ1) is 10.6. The Balaban J connectivity index is 4.19. The van der Waals surface area contributed by atoms with Gasteiger partial charge >= 0.3 is 9.10 Å². The second kappa shape index (κ2) is 13.8. The van der Waals surface area contributed by atoms with Crippen LogP contribution >= 0.6 is 0 Å². The highest BCUT2D eigenvalue weighted by molar-refractivity contribution is 6.05. The molecule has 128 valence electrons. The van der Waals surface area contributed by atoms with Gasteiger partial charge in [0.2, 0.25) is 0 Å². The van der Waals surface area contributed by atoms with Crippen molar-refractivity contribution in [3.63, 3.8) is 0 Å². The zero-order valence-corrected chi connectivity index (χ0v) is 16.1. The van der Waals surface area contributed by atoms with Crippen LogP contribution in [0.3, 0.4) is 0 Å². The van der Waals surface area contributed by atoms with Gasteiger partial charge in [0, 0.05) is 0 Å². The van der Waals surface area contributed by atoms with E-state index >= 15 is 0 Å². The minimum Gasteiger partial charge on any atom is -0.393 e. The number of rotatable bonds is 13. The van der Waals surface area contributed by atoms with Gasteiger partial charge in [0.1, 0.15) is 6.10 Å². The van der Waals surface area contributed by atoms with E-state index in [2.05, 4.69) is 43.4 Å². The molecule has 2 atom stereocenters. The van der Waals surface area contributed by atoms with Gasteiger partial charge in [0.15, 0.2) is 5.60 Å². The lowest BCUT2D eigenvalue weighted by Crippen LogP contribution is -2.23. The molecule has 0 bridgehead atoms. The van der Waals surface area contributed by atoms with Crippen LogP contribution in [0, 0.1) is 0 Å². The SMILES string of the molecule is CC=CC(C)(CCCCC)ON=[Si]=NOC(C)CCCCC. The highest BCUT2D eigenvalue weighted by Gasteiger charge is 2.21. The van der Waals surface area contributed by atoms with Crippen molar-refractivity contribution in [1.82, 2.24) is 0 Å². The van der Waals surface area contributed by atoms with Crippen molar-refractivity contribution >= 4 is 9.10 Å². The summed E-state index contributed by atoms with van der Waals surface area (Å²) in [6, 6.07) is 0. The van der Waals surface area contributed by atoms with Crippen molar-refractivity contribution < 1.29 is 9.68 Å². The molecule has 0 aliphatic carbocycles. The largest absolute Gasteiger partial charge is 0.393 e. The second-order valence-electron chi connectivity index (χ2n) is 6.06. The molecule has 0 aliphatic heterocycles. The number of hydrogen-bond acceptors (Lipinski definition) is 4. The fourth-order valence-electron chi connectivity index (χ4n) is 2.23. The van der Waals surface area contributed by atoms with Gasteiger partial charge in [-0.3, -0.25) is 0 Å². The third-order valence-corrected chi connectivity index (χ3v) is 3.94. The van der Waals surface area contributed by atoms with Crippen LogP contribution < -0.4 is 0 Å². The highest BCUT2D eigenvalue weighted by Crippen LogP contribution is 2.21. The van der Waals surface area contributed by atoms with E-state index in [1.54, 1.807) is 0 Å². The van der Waals surface area contributed by atoms with E-state index < -0.39 is 0 Å². The molecule has 0 spiro atoms. The first-order valence-electron chi connectivity index (χ1n) is 8.70. The van der Waals surface area contributed by atoms with Gasteiger partial charge in [0.05, 0.1) is 0 Å². The molecule has 0 fully saturated rings. The second-order valence-corrected chi connectivity index (χ2v) is 6.62. The van der Waals surface area contributed by atoms with Crippen LogP contribution in [-0.2, 0) is 9.68 Å². The topological polar surface area (TPSA) is 43.2 Å². The predicted octanol–water partition coefficient (Wildman–Crippen LogP) is 5.80. The molecule has 0 aromatic rings. The summed E-state index contributed by atoms with van der Waals surface area (Å²) < 4.78 is 0. The minimum atomic E-state index is -0.320. The van der Waals surface area contributed by atoms with E-state index in [4.69, 9.17) is 9.68 Å². The summed E-state index contributed by atoms with van der Waals surface area (Å²) >= 11 is 0. The molecule has 22 heavy (non-hydrogen) atoms. The Morgan fingerprint density at radius 2 is 1.77 bits per heavy atom. The van der Waals surface area contributed by atoms with Gasteiger partial charge in [-0.1, -0.05) is 55.2 Å². The van der Waals surface area contributed by atoms with Gasteiger partial charge < -0.3 is 9.68 Å². The molecule has 0 amide bonds. The molecule has 0 aliphatic rings. The molecule has 0 N–H and O–H groups in total. The molecule has 0 saturated carbocycles. The highest BCUT2D eigenvalue weighted by atomic mass is 28.2. The zero-order chi connectivity index (χ0) is 16.7. The Morgan fingerprint density at radius 3 is 2.41 bits per heavy atom. The van der Waals surface area contributed by atoms with Crippen molar-refractivity contribution in [1.29, 1.82) is 0 Å². The summed E-state index contributed by atoms with van der Waals surface area (Å²) in [5.74, 6) is 0. The quantitative estimate of drug-likeness (QED) is 0.186. The van der Waals surface area contributed by atoms with Crippen molar-refractivity contribution in [2.24, 2.45) is 9.59 Å². The van der Waals surface area contributed by atoms with Crippen LogP contribution in [0.4, 0.5) is 0 Å². The minimum absolute atomic E-state index is 0.0146. The molecular formula is C17H34N2O2Si. The van der Waals surface area contributed by atoms with E-state index in [-0.39, 0.29) is 20.8 Å². The molecule has 0 saturated heterocycles. The molecule has 0 heterocycles. The van der Waals surface area contributed by atoms with Crippen LogP contribution in [0.5, 0.6) is 0 Å². The van der Waals surface area contributed by atoms with Gasteiger partial charge in [-0.25, -0.2) is 0 Å². The maximum atomic E-state index is 5.67. The van der Waals surface area contributed by atoms with Crippen LogP contribution in [0.2, 0.25) is 0 Å². The Kier molecular flexibility index (Phi) is 13.3. The van der Waals surface area contributed by atoms with E-state index in [0.29, 0.717) is 0 Å². The van der Waals surface area contributed by atoms with Gasteiger partial charge in [-0.15, -0.1) is 0 Å². The van der Waals surface area contributed by atoms with Crippen LogP contribution in [0.15, 0.2) is 21.7 Å². The first-order valence-corrected chi connectivity index (χ1v) is 9.60. The number of nitrogens with zero attached hydrogens (tertiary/aromatic N) is 2. The summed E-state index contributed by atoms with van der Waals surface area (Å²) in [6.45, 7) is 10.5. The maximum absolute atomic E-state index is 5.67. The summed E-state index contributed by atoms with van der Waals surface area (Å²) in [4.78, 5) is 19.2. The molecule has 0 aromatic carbocycles. The van der Waals surface area contributed by atoms with Crippen LogP contribution in [-0.4, -0.2) is 20.8 Å². The van der Waals surface area contributed by atoms with Crippen molar-refractivity contribution in [3.8, 4) is 0 Å². The van der Waals surface area contributed by atoms with Crippen LogP contribution in [0.25, 0.3) is 0 Å². The Morgan fingerprint density at radius 1 is 1.09 bits per heavy atom. The smallest absolute Gasteiger partial charge is 0.321 e. The Hall–Kier alpha value is -0.843. The Bertz CT molecular complexity index is 355. The summed E-state index contributed by atoms with van der Waals surface area (Å²) in [6.07, 6.45) is 13.6. The molecule has 2 unspecified atom stereocenters. The third kappa shape index (κ3) is 11.8. The van der Waals surface area contributed by atoms with E-state index in [1.165, 1.54) is 32.1 Å².